The maximum absolute atomic E-state index is 12.9. The molecule has 0 bridgehead atoms. The first-order valence-corrected chi connectivity index (χ1v) is 11.9. The summed E-state index contributed by atoms with van der Waals surface area (Å²) < 4.78 is 5.60. The number of ether oxygens (including phenoxy) is 1. The summed E-state index contributed by atoms with van der Waals surface area (Å²) >= 11 is 6.12. The van der Waals surface area contributed by atoms with Gasteiger partial charge < -0.3 is 20.3 Å². The van der Waals surface area contributed by atoms with Crippen molar-refractivity contribution in [1.82, 2.24) is 15.5 Å². The van der Waals surface area contributed by atoms with Crippen LogP contribution in [0.1, 0.15) is 40.7 Å². The molecule has 5 amide bonds. The second-order valence-corrected chi connectivity index (χ2v) is 9.68. The van der Waals surface area contributed by atoms with E-state index < -0.39 is 17.5 Å². The fourth-order valence-electron chi connectivity index (χ4n) is 4.98. The molecule has 0 aliphatic carbocycles. The number of urea groups is 1. The fraction of sp³-hybridized carbons (Fsp3) is 0.360. The quantitative estimate of drug-likeness (QED) is 0.550. The number of carbonyl (C=O) groups excluding carboxylic acids is 4. The van der Waals surface area contributed by atoms with Crippen molar-refractivity contribution in [2.75, 3.05) is 18.5 Å². The monoisotopic (exact) mass is 496 g/mol. The Morgan fingerprint density at radius 2 is 2.06 bits per heavy atom. The first kappa shape index (κ1) is 23.3. The first-order chi connectivity index (χ1) is 16.8. The maximum Gasteiger partial charge on any atom is 0.319 e. The number of piperidine rings is 1. The number of hydrogen-bond acceptors (Lipinski definition) is 5. The van der Waals surface area contributed by atoms with Gasteiger partial charge in [-0.1, -0.05) is 23.7 Å². The molecule has 3 aliphatic heterocycles. The lowest BCUT2D eigenvalue weighted by Crippen LogP contribution is -2.52. The van der Waals surface area contributed by atoms with Crippen LogP contribution in [0, 0.1) is 0 Å². The predicted molar refractivity (Wildman–Crippen MR) is 128 cm³/mol. The van der Waals surface area contributed by atoms with Gasteiger partial charge in [-0.2, -0.15) is 0 Å². The molecule has 2 saturated heterocycles. The molecule has 10 heteroatoms. The van der Waals surface area contributed by atoms with Gasteiger partial charge in [0, 0.05) is 35.8 Å². The maximum atomic E-state index is 12.9. The standard InChI is InChI=1S/C25H25ClN4O5/c26-17-3-1-2-15(10-17)12-25(8-9-35-14-25)29-24(34)27-18-4-5-19-16(11-18)13-30(23(19)33)20-6-7-21(31)28-22(20)32/h1-5,10-11,20H,6-9,12-14H2,(H2,27,29,34)(H,28,31,32). The number of nitrogens with zero attached hydrogens (tertiary/aromatic N) is 1. The number of fused-ring (bicyclic) bond motifs is 1. The van der Waals surface area contributed by atoms with E-state index in [-0.39, 0.29) is 30.8 Å². The predicted octanol–water partition coefficient (Wildman–Crippen LogP) is 2.62. The summed E-state index contributed by atoms with van der Waals surface area (Å²) in [6, 6.07) is 11.6. The average molecular weight is 497 g/mol. The average Bonchev–Trinajstić information content (AvgIpc) is 3.38. The number of hydrogen-bond donors (Lipinski definition) is 3. The van der Waals surface area contributed by atoms with Crippen LogP contribution in [0.5, 0.6) is 0 Å². The van der Waals surface area contributed by atoms with Crippen LogP contribution in [0.25, 0.3) is 0 Å². The van der Waals surface area contributed by atoms with Crippen molar-refractivity contribution in [2.24, 2.45) is 0 Å². The molecule has 2 atom stereocenters. The summed E-state index contributed by atoms with van der Waals surface area (Å²) in [7, 11) is 0. The zero-order valence-corrected chi connectivity index (χ0v) is 19.7. The van der Waals surface area contributed by atoms with Gasteiger partial charge in [0.05, 0.1) is 12.1 Å². The van der Waals surface area contributed by atoms with E-state index in [2.05, 4.69) is 16.0 Å². The number of imide groups is 1. The smallest absolute Gasteiger partial charge is 0.319 e. The zero-order chi connectivity index (χ0) is 24.6. The Labute approximate surface area is 207 Å². The topological polar surface area (TPSA) is 117 Å². The summed E-state index contributed by atoms with van der Waals surface area (Å²) in [6.45, 7) is 1.19. The van der Waals surface area contributed by atoms with Gasteiger partial charge in [0.25, 0.3) is 5.91 Å². The number of anilines is 1. The minimum Gasteiger partial charge on any atom is -0.379 e. The SMILES string of the molecule is O=C1CCC(N2Cc3cc(NC(=O)NC4(Cc5cccc(Cl)c5)CCOC4)ccc3C2=O)C(=O)N1. The van der Waals surface area contributed by atoms with Crippen LogP contribution in [0.3, 0.4) is 0 Å². The normalized spacial score (nSPS) is 23.7. The zero-order valence-electron chi connectivity index (χ0n) is 18.9. The van der Waals surface area contributed by atoms with E-state index >= 15 is 0 Å². The second kappa shape index (κ2) is 9.31. The highest BCUT2D eigenvalue weighted by Crippen LogP contribution is 2.30. The van der Waals surface area contributed by atoms with Crippen molar-refractivity contribution in [3.63, 3.8) is 0 Å². The Bertz CT molecular complexity index is 1210. The Morgan fingerprint density at radius 1 is 1.20 bits per heavy atom. The summed E-state index contributed by atoms with van der Waals surface area (Å²) in [4.78, 5) is 50.9. The number of rotatable bonds is 5. The van der Waals surface area contributed by atoms with Gasteiger partial charge in [-0.15, -0.1) is 0 Å². The van der Waals surface area contributed by atoms with Crippen LogP contribution >= 0.6 is 11.6 Å². The summed E-state index contributed by atoms with van der Waals surface area (Å²) in [5.41, 5.74) is 2.20. The molecule has 0 saturated carbocycles. The minimum absolute atomic E-state index is 0.199. The first-order valence-electron chi connectivity index (χ1n) is 11.5. The number of halogens is 1. The van der Waals surface area contributed by atoms with Gasteiger partial charge in [0.15, 0.2) is 0 Å². The Balaban J connectivity index is 1.26. The molecular weight excluding hydrogens is 472 g/mol. The molecule has 2 aromatic carbocycles. The summed E-state index contributed by atoms with van der Waals surface area (Å²) in [6.07, 6.45) is 1.76. The molecule has 5 rings (SSSR count). The van der Waals surface area contributed by atoms with Crippen molar-refractivity contribution in [2.45, 2.75) is 43.8 Å². The number of benzene rings is 2. The van der Waals surface area contributed by atoms with Crippen LogP contribution in [-0.4, -0.2) is 53.4 Å². The van der Waals surface area contributed by atoms with Crippen molar-refractivity contribution < 1.29 is 23.9 Å². The van der Waals surface area contributed by atoms with E-state index in [1.165, 1.54) is 4.90 Å². The minimum atomic E-state index is -0.680. The number of carbonyl (C=O) groups is 4. The molecule has 9 nitrogen and oxygen atoms in total. The molecule has 2 fully saturated rings. The molecule has 182 valence electrons. The van der Waals surface area contributed by atoms with Crippen molar-refractivity contribution in [1.29, 1.82) is 0 Å². The Kier molecular flexibility index (Phi) is 6.21. The van der Waals surface area contributed by atoms with Crippen molar-refractivity contribution in [3.05, 3.63) is 64.2 Å². The molecule has 35 heavy (non-hydrogen) atoms. The molecule has 2 unspecified atom stereocenters. The molecule has 3 aliphatic rings. The van der Waals surface area contributed by atoms with Crippen LogP contribution in [-0.2, 0) is 27.3 Å². The van der Waals surface area contributed by atoms with Crippen molar-refractivity contribution >= 4 is 41.0 Å². The van der Waals surface area contributed by atoms with E-state index in [4.69, 9.17) is 16.3 Å². The lowest BCUT2D eigenvalue weighted by Gasteiger charge is -2.29. The molecule has 0 radical (unpaired) electrons. The highest BCUT2D eigenvalue weighted by atomic mass is 35.5. The third kappa shape index (κ3) is 4.87. The third-order valence-corrected chi connectivity index (χ3v) is 6.93. The van der Waals surface area contributed by atoms with E-state index in [0.29, 0.717) is 48.7 Å². The Hall–Kier alpha value is -3.43. The number of nitrogens with one attached hydrogen (secondary N) is 3. The fourth-order valence-corrected chi connectivity index (χ4v) is 5.20. The van der Waals surface area contributed by atoms with Gasteiger partial charge in [-0.25, -0.2) is 4.79 Å². The van der Waals surface area contributed by atoms with Gasteiger partial charge in [-0.05, 0) is 60.7 Å². The van der Waals surface area contributed by atoms with Crippen LogP contribution in [0.4, 0.5) is 10.5 Å². The molecule has 0 spiro atoms. The molecule has 0 aromatic heterocycles. The van der Waals surface area contributed by atoms with E-state index in [1.54, 1.807) is 18.2 Å². The van der Waals surface area contributed by atoms with E-state index in [0.717, 1.165) is 11.1 Å². The molecule has 2 aromatic rings. The Morgan fingerprint density at radius 3 is 2.80 bits per heavy atom. The van der Waals surface area contributed by atoms with E-state index in [1.807, 2.05) is 24.3 Å². The molecule has 3 N–H and O–H groups in total. The summed E-state index contributed by atoms with van der Waals surface area (Å²) in [5.74, 6) is -1.04. The van der Waals surface area contributed by atoms with Gasteiger partial charge >= 0.3 is 6.03 Å². The van der Waals surface area contributed by atoms with Gasteiger partial charge in [0.2, 0.25) is 11.8 Å². The lowest BCUT2D eigenvalue weighted by molar-refractivity contribution is -0.136. The van der Waals surface area contributed by atoms with Crippen LogP contribution in [0.15, 0.2) is 42.5 Å². The molecule has 3 heterocycles. The summed E-state index contributed by atoms with van der Waals surface area (Å²) in [5, 5.41) is 8.87. The highest BCUT2D eigenvalue weighted by Gasteiger charge is 2.39. The highest BCUT2D eigenvalue weighted by molar-refractivity contribution is 6.30. The lowest BCUT2D eigenvalue weighted by atomic mass is 9.90. The molecular formula is C25H25ClN4O5. The largest absolute Gasteiger partial charge is 0.379 e. The van der Waals surface area contributed by atoms with Crippen LogP contribution < -0.4 is 16.0 Å². The van der Waals surface area contributed by atoms with E-state index in [9.17, 15) is 19.2 Å². The van der Waals surface area contributed by atoms with Gasteiger partial charge in [0.1, 0.15) is 6.04 Å². The van der Waals surface area contributed by atoms with Crippen molar-refractivity contribution in [3.8, 4) is 0 Å². The second-order valence-electron chi connectivity index (χ2n) is 9.24. The van der Waals surface area contributed by atoms with Gasteiger partial charge in [-0.3, -0.25) is 19.7 Å². The van der Waals surface area contributed by atoms with Crippen LogP contribution in [0.2, 0.25) is 5.02 Å². The third-order valence-electron chi connectivity index (χ3n) is 6.69. The number of amides is 5.